The number of azide groups is 1. The topological polar surface area (TPSA) is 48.8 Å². The van der Waals surface area contributed by atoms with Gasteiger partial charge in [0.15, 0.2) is 0 Å². The molecule has 1 rings (SSSR count). The second-order valence-electron chi connectivity index (χ2n) is 2.16. The van der Waals surface area contributed by atoms with Crippen molar-refractivity contribution in [3.05, 3.63) is 30.7 Å². The quantitative estimate of drug-likeness (QED) is 0.403. The molecular formula is C6H5Cl2N3S. The average Bonchev–Trinajstić information content (AvgIpc) is 2.30. The van der Waals surface area contributed by atoms with Crippen molar-refractivity contribution in [3.63, 3.8) is 0 Å². The third-order valence-corrected chi connectivity index (χ3v) is 2.88. The summed E-state index contributed by atoms with van der Waals surface area (Å²) in [6.07, 6.45) is 0. The van der Waals surface area contributed by atoms with Crippen LogP contribution in [0.25, 0.3) is 10.4 Å². The lowest BCUT2D eigenvalue weighted by Gasteiger charge is -1.99. The van der Waals surface area contributed by atoms with E-state index in [2.05, 4.69) is 10.0 Å². The van der Waals surface area contributed by atoms with E-state index in [0.717, 1.165) is 5.56 Å². The molecule has 1 atom stereocenters. The van der Waals surface area contributed by atoms with Crippen LogP contribution in [-0.4, -0.2) is 0 Å². The van der Waals surface area contributed by atoms with Gasteiger partial charge < -0.3 is 0 Å². The molecule has 0 aromatic carbocycles. The largest absolute Gasteiger partial charge is 0.111 e. The van der Waals surface area contributed by atoms with Crippen molar-refractivity contribution in [2.75, 3.05) is 0 Å². The monoisotopic (exact) mass is 221 g/mol. The summed E-state index contributed by atoms with van der Waals surface area (Å²) in [5, 5.41) is 3.51. The highest BCUT2D eigenvalue weighted by Crippen LogP contribution is 2.36. The van der Waals surface area contributed by atoms with Crippen LogP contribution in [0.15, 0.2) is 11.2 Å². The first-order valence-corrected chi connectivity index (χ1v) is 4.71. The summed E-state index contributed by atoms with van der Waals surface area (Å²) in [5.74, 6) is 0. The maximum atomic E-state index is 8.18. The van der Waals surface area contributed by atoms with Gasteiger partial charge in [0.2, 0.25) is 0 Å². The van der Waals surface area contributed by atoms with Crippen molar-refractivity contribution in [1.29, 1.82) is 0 Å². The molecule has 6 heteroatoms. The van der Waals surface area contributed by atoms with E-state index < -0.39 is 0 Å². The summed E-state index contributed by atoms with van der Waals surface area (Å²) in [5.41, 5.74) is 8.96. The molecule has 0 aliphatic carbocycles. The van der Waals surface area contributed by atoms with E-state index in [1.54, 1.807) is 13.0 Å². The molecule has 0 saturated heterocycles. The molecular weight excluding hydrogens is 217 g/mol. The van der Waals surface area contributed by atoms with Gasteiger partial charge in [0.25, 0.3) is 0 Å². The molecule has 0 bridgehead atoms. The van der Waals surface area contributed by atoms with E-state index in [9.17, 15) is 0 Å². The van der Waals surface area contributed by atoms with Crippen LogP contribution < -0.4 is 0 Å². The summed E-state index contributed by atoms with van der Waals surface area (Å²) in [7, 11) is 0. The van der Waals surface area contributed by atoms with Gasteiger partial charge in [0.1, 0.15) is 0 Å². The molecule has 0 aliphatic rings. The lowest BCUT2D eigenvalue weighted by molar-refractivity contribution is 0.812. The Morgan fingerprint density at radius 1 is 1.67 bits per heavy atom. The number of thiophene rings is 1. The molecule has 0 spiro atoms. The Balaban J connectivity index is 3.01. The van der Waals surface area contributed by atoms with E-state index in [1.807, 2.05) is 0 Å². The molecule has 1 aromatic rings. The molecule has 0 saturated carbocycles. The summed E-state index contributed by atoms with van der Waals surface area (Å²) >= 11 is 12.8. The Bertz CT molecular complexity index is 330. The van der Waals surface area contributed by atoms with Gasteiger partial charge in [-0.3, -0.25) is 0 Å². The van der Waals surface area contributed by atoms with Crippen molar-refractivity contribution in [2.24, 2.45) is 5.11 Å². The SMILES string of the molecule is C[C@H](N=[N+]=[N-])c1cc(Cl)sc1Cl. The first-order valence-electron chi connectivity index (χ1n) is 3.14. The lowest BCUT2D eigenvalue weighted by atomic mass is 10.2. The minimum Gasteiger partial charge on any atom is -0.111 e. The van der Waals surface area contributed by atoms with E-state index >= 15 is 0 Å². The standard InChI is InChI=1S/C6H5Cl2N3S/c1-3(10-11-9)4-2-5(7)12-6(4)8/h2-3H,1H3/t3-/m0/s1. The van der Waals surface area contributed by atoms with Gasteiger partial charge in [0.05, 0.1) is 14.7 Å². The molecule has 3 nitrogen and oxygen atoms in total. The highest BCUT2D eigenvalue weighted by Gasteiger charge is 2.11. The summed E-state index contributed by atoms with van der Waals surface area (Å²) in [4.78, 5) is 2.69. The fourth-order valence-corrected chi connectivity index (χ4v) is 2.41. The molecule has 0 unspecified atom stereocenters. The Morgan fingerprint density at radius 3 is 2.75 bits per heavy atom. The number of hydrogen-bond donors (Lipinski definition) is 0. The van der Waals surface area contributed by atoms with E-state index in [0.29, 0.717) is 8.67 Å². The molecule has 0 fully saturated rings. The molecule has 0 aliphatic heterocycles. The second-order valence-corrected chi connectivity index (χ2v) is 4.45. The zero-order valence-electron chi connectivity index (χ0n) is 6.16. The van der Waals surface area contributed by atoms with Gasteiger partial charge in [0, 0.05) is 4.91 Å². The summed E-state index contributed by atoms with van der Waals surface area (Å²) in [6, 6.07) is 1.46. The van der Waals surface area contributed by atoms with E-state index in [-0.39, 0.29) is 6.04 Å². The predicted molar refractivity (Wildman–Crippen MR) is 51.9 cm³/mol. The molecule has 0 radical (unpaired) electrons. The fourth-order valence-electron chi connectivity index (χ4n) is 0.777. The molecule has 0 N–H and O–H groups in total. The summed E-state index contributed by atoms with van der Waals surface area (Å²) in [6.45, 7) is 1.77. The molecule has 1 aromatic heterocycles. The van der Waals surface area contributed by atoms with Gasteiger partial charge in [-0.25, -0.2) is 0 Å². The third kappa shape index (κ3) is 2.05. The first kappa shape index (κ1) is 9.68. The van der Waals surface area contributed by atoms with E-state index in [1.165, 1.54) is 11.3 Å². The second kappa shape index (κ2) is 4.01. The number of nitrogens with zero attached hydrogens (tertiary/aromatic N) is 3. The van der Waals surface area contributed by atoms with Crippen LogP contribution in [0.4, 0.5) is 0 Å². The van der Waals surface area contributed by atoms with Crippen molar-refractivity contribution in [2.45, 2.75) is 13.0 Å². The summed E-state index contributed by atoms with van der Waals surface area (Å²) < 4.78 is 1.19. The Kier molecular flexibility index (Phi) is 3.23. The molecule has 0 amide bonds. The van der Waals surface area contributed by atoms with Gasteiger partial charge in [-0.2, -0.15) is 0 Å². The van der Waals surface area contributed by atoms with Crippen LogP contribution in [0.3, 0.4) is 0 Å². The fraction of sp³-hybridized carbons (Fsp3) is 0.333. The van der Waals surface area contributed by atoms with Crippen molar-refractivity contribution < 1.29 is 0 Å². The minimum atomic E-state index is -0.258. The van der Waals surface area contributed by atoms with Crippen LogP contribution in [-0.2, 0) is 0 Å². The first-order chi connectivity index (χ1) is 5.65. The van der Waals surface area contributed by atoms with Crippen LogP contribution in [0, 0.1) is 0 Å². The maximum Gasteiger partial charge on any atom is 0.0980 e. The number of hydrogen-bond acceptors (Lipinski definition) is 2. The van der Waals surface area contributed by atoms with Crippen molar-refractivity contribution >= 4 is 34.5 Å². The molecule has 12 heavy (non-hydrogen) atoms. The number of halogens is 2. The van der Waals surface area contributed by atoms with Gasteiger partial charge in [-0.1, -0.05) is 35.2 Å². The van der Waals surface area contributed by atoms with Crippen LogP contribution in [0.1, 0.15) is 18.5 Å². The minimum absolute atomic E-state index is 0.258. The van der Waals surface area contributed by atoms with Crippen LogP contribution in [0.2, 0.25) is 8.67 Å². The maximum absolute atomic E-state index is 8.18. The van der Waals surface area contributed by atoms with Gasteiger partial charge in [-0.05, 0) is 17.2 Å². The molecule has 1 heterocycles. The smallest absolute Gasteiger partial charge is 0.0980 e. The van der Waals surface area contributed by atoms with Crippen LogP contribution in [0.5, 0.6) is 0 Å². The Labute approximate surface area is 83.5 Å². The Morgan fingerprint density at radius 2 is 2.33 bits per heavy atom. The lowest BCUT2D eigenvalue weighted by Crippen LogP contribution is -1.83. The Hall–Kier alpha value is -0.410. The number of rotatable bonds is 2. The highest BCUT2D eigenvalue weighted by atomic mass is 35.5. The van der Waals surface area contributed by atoms with Crippen molar-refractivity contribution in [3.8, 4) is 0 Å². The van der Waals surface area contributed by atoms with Crippen LogP contribution >= 0.6 is 34.5 Å². The molecule has 64 valence electrons. The zero-order valence-corrected chi connectivity index (χ0v) is 8.49. The highest BCUT2D eigenvalue weighted by molar-refractivity contribution is 7.20. The van der Waals surface area contributed by atoms with Gasteiger partial charge in [-0.15, -0.1) is 11.3 Å². The van der Waals surface area contributed by atoms with E-state index in [4.69, 9.17) is 28.7 Å². The van der Waals surface area contributed by atoms with Crippen molar-refractivity contribution in [1.82, 2.24) is 0 Å². The zero-order chi connectivity index (χ0) is 9.14. The average molecular weight is 222 g/mol. The third-order valence-electron chi connectivity index (χ3n) is 1.36. The van der Waals surface area contributed by atoms with Gasteiger partial charge >= 0.3 is 0 Å². The normalized spacial score (nSPS) is 12.2. The predicted octanol–water partition coefficient (Wildman–Crippen LogP) is 4.43.